The fourth-order valence-corrected chi connectivity index (χ4v) is 9.64. The van der Waals surface area contributed by atoms with E-state index in [1.165, 1.54) is 25.7 Å². The lowest BCUT2D eigenvalue weighted by Crippen LogP contribution is -2.53. The van der Waals surface area contributed by atoms with Gasteiger partial charge in [-0.3, -0.25) is 0 Å². The van der Waals surface area contributed by atoms with Gasteiger partial charge in [-0.05, 0) is 92.8 Å². The van der Waals surface area contributed by atoms with Gasteiger partial charge < -0.3 is 19.7 Å². The highest BCUT2D eigenvalue weighted by atomic mass is 16.7. The van der Waals surface area contributed by atoms with Gasteiger partial charge in [-0.25, -0.2) is 0 Å². The minimum atomic E-state index is -0.717. The number of aliphatic hydroxyl groups excluding tert-OH is 1. The van der Waals surface area contributed by atoms with Crippen molar-refractivity contribution in [3.05, 3.63) is 11.6 Å². The maximum absolute atomic E-state index is 10.4. The fourth-order valence-electron chi connectivity index (χ4n) is 9.64. The molecule has 0 bridgehead atoms. The summed E-state index contributed by atoms with van der Waals surface area (Å²) in [7, 11) is 0. The number of rotatable bonds is 0. The Morgan fingerprint density at radius 2 is 1.84 bits per heavy atom. The Kier molecular flexibility index (Phi) is 4.49. The lowest BCUT2D eigenvalue weighted by atomic mass is 9.47. The zero-order valence-corrected chi connectivity index (χ0v) is 19.9. The van der Waals surface area contributed by atoms with Gasteiger partial charge in [0.05, 0.1) is 24.4 Å². The fraction of sp³-hybridized carbons (Fsp3) is 0.926. The Bertz CT molecular complexity index is 778. The number of hydrogen-bond acceptors (Lipinski definition) is 4. The standard InChI is InChI=1S/C27H42O4/c1-16-23-22(31-27(16)12-11-24(2,29)15-30-27)14-21-19-6-5-17-13-18(28)7-9-25(17,3)20(19)8-10-26(21,23)4/h5,16,18-23,28-29H,6-15H2,1-4H3. The van der Waals surface area contributed by atoms with E-state index in [2.05, 4.69) is 26.8 Å². The number of aliphatic hydroxyl groups is 2. The normalized spacial score (nSPS) is 60.7. The maximum atomic E-state index is 10.4. The molecule has 2 N–H and O–H groups in total. The van der Waals surface area contributed by atoms with E-state index in [1.807, 2.05) is 6.92 Å². The number of allylic oxidation sites excluding steroid dienone is 1. The van der Waals surface area contributed by atoms with E-state index in [0.717, 1.165) is 49.9 Å². The van der Waals surface area contributed by atoms with Crippen molar-refractivity contribution in [2.24, 2.45) is 40.4 Å². The zero-order chi connectivity index (χ0) is 21.8. The quantitative estimate of drug-likeness (QED) is 0.541. The molecule has 5 fully saturated rings. The molecular weight excluding hydrogens is 388 g/mol. The second kappa shape index (κ2) is 6.58. The minimum absolute atomic E-state index is 0.128. The van der Waals surface area contributed by atoms with E-state index in [9.17, 15) is 10.2 Å². The first-order valence-electron chi connectivity index (χ1n) is 13.0. The lowest BCUT2D eigenvalue weighted by Gasteiger charge is -2.58. The Balaban J connectivity index is 1.27. The van der Waals surface area contributed by atoms with Crippen molar-refractivity contribution in [2.45, 2.75) is 109 Å². The Morgan fingerprint density at radius 1 is 1.03 bits per heavy atom. The van der Waals surface area contributed by atoms with Gasteiger partial charge in [-0.15, -0.1) is 0 Å². The third-order valence-electron chi connectivity index (χ3n) is 11.4. The van der Waals surface area contributed by atoms with Gasteiger partial charge in [0.25, 0.3) is 0 Å². The zero-order valence-electron chi connectivity index (χ0n) is 19.9. The van der Waals surface area contributed by atoms with Crippen LogP contribution >= 0.6 is 0 Å². The first-order valence-corrected chi connectivity index (χ1v) is 13.0. The monoisotopic (exact) mass is 430 g/mol. The molecule has 0 aromatic rings. The SMILES string of the molecule is CC1C2C(CC3C4CC=C5CC(O)CCC5(C)C4CCC32C)OC12CCC(C)(O)CO2. The molecule has 2 heterocycles. The topological polar surface area (TPSA) is 58.9 Å². The molecule has 4 heteroatoms. The average Bonchev–Trinajstić information content (AvgIpc) is 3.16. The molecular formula is C27H42O4. The molecule has 6 aliphatic rings. The molecule has 3 saturated carbocycles. The molecule has 174 valence electrons. The van der Waals surface area contributed by atoms with E-state index < -0.39 is 11.4 Å². The summed E-state index contributed by atoms with van der Waals surface area (Å²) in [5.41, 5.74) is 1.47. The van der Waals surface area contributed by atoms with Crippen LogP contribution in [0.25, 0.3) is 0 Å². The lowest BCUT2D eigenvalue weighted by molar-refractivity contribution is -0.293. The Hall–Kier alpha value is -0.420. The van der Waals surface area contributed by atoms with Crippen LogP contribution < -0.4 is 0 Å². The van der Waals surface area contributed by atoms with E-state index in [0.29, 0.717) is 35.4 Å². The van der Waals surface area contributed by atoms with Crippen LogP contribution in [-0.4, -0.2) is 40.4 Å². The van der Waals surface area contributed by atoms with Crippen LogP contribution in [0.3, 0.4) is 0 Å². The summed E-state index contributed by atoms with van der Waals surface area (Å²) in [5, 5.41) is 20.7. The largest absolute Gasteiger partial charge is 0.393 e. The molecule has 2 saturated heterocycles. The van der Waals surface area contributed by atoms with Crippen LogP contribution in [0.15, 0.2) is 11.6 Å². The van der Waals surface area contributed by atoms with Crippen molar-refractivity contribution in [1.82, 2.24) is 0 Å². The van der Waals surface area contributed by atoms with Crippen LogP contribution in [-0.2, 0) is 9.47 Å². The minimum Gasteiger partial charge on any atom is -0.393 e. The third kappa shape index (κ3) is 2.80. The van der Waals surface area contributed by atoms with Gasteiger partial charge in [0.2, 0.25) is 0 Å². The van der Waals surface area contributed by atoms with Crippen molar-refractivity contribution in [1.29, 1.82) is 0 Å². The molecule has 11 unspecified atom stereocenters. The Morgan fingerprint density at radius 3 is 2.58 bits per heavy atom. The van der Waals surface area contributed by atoms with Crippen LogP contribution in [0, 0.1) is 40.4 Å². The number of fused-ring (bicyclic) bond motifs is 7. The van der Waals surface area contributed by atoms with Gasteiger partial charge in [-0.2, -0.15) is 0 Å². The van der Waals surface area contributed by atoms with Crippen molar-refractivity contribution in [3.8, 4) is 0 Å². The molecule has 0 aromatic carbocycles. The first-order chi connectivity index (χ1) is 14.6. The van der Waals surface area contributed by atoms with Gasteiger partial charge in [0, 0.05) is 12.3 Å². The summed E-state index contributed by atoms with van der Waals surface area (Å²) >= 11 is 0. The van der Waals surface area contributed by atoms with Crippen molar-refractivity contribution < 1.29 is 19.7 Å². The molecule has 1 spiro atoms. The van der Waals surface area contributed by atoms with Gasteiger partial charge >= 0.3 is 0 Å². The molecule has 4 nitrogen and oxygen atoms in total. The molecule has 0 amide bonds. The summed E-state index contributed by atoms with van der Waals surface area (Å²) in [5.74, 6) is 2.72. The second-order valence-electron chi connectivity index (χ2n) is 13.0. The average molecular weight is 431 g/mol. The van der Waals surface area contributed by atoms with E-state index in [-0.39, 0.29) is 6.10 Å². The third-order valence-corrected chi connectivity index (χ3v) is 11.4. The van der Waals surface area contributed by atoms with Gasteiger partial charge in [0.1, 0.15) is 0 Å². The number of ether oxygens (including phenoxy) is 2. The van der Waals surface area contributed by atoms with Crippen LogP contribution in [0.4, 0.5) is 0 Å². The summed E-state index contributed by atoms with van der Waals surface area (Å²) in [6.07, 6.45) is 12.3. The second-order valence-corrected chi connectivity index (χ2v) is 13.0. The smallest absolute Gasteiger partial charge is 0.171 e. The maximum Gasteiger partial charge on any atom is 0.171 e. The van der Waals surface area contributed by atoms with E-state index in [1.54, 1.807) is 5.57 Å². The molecule has 2 aliphatic heterocycles. The van der Waals surface area contributed by atoms with E-state index >= 15 is 0 Å². The van der Waals surface area contributed by atoms with Gasteiger partial charge in [0.15, 0.2) is 5.79 Å². The summed E-state index contributed by atoms with van der Waals surface area (Å²) in [4.78, 5) is 0. The predicted octanol–water partition coefficient (Wildman–Crippen LogP) is 4.83. The van der Waals surface area contributed by atoms with Crippen LogP contribution in [0.1, 0.15) is 85.5 Å². The van der Waals surface area contributed by atoms with Crippen molar-refractivity contribution in [3.63, 3.8) is 0 Å². The highest BCUT2D eigenvalue weighted by Crippen LogP contribution is 2.70. The molecule has 6 rings (SSSR count). The highest BCUT2D eigenvalue weighted by molar-refractivity contribution is 5.26. The molecule has 0 radical (unpaired) electrons. The van der Waals surface area contributed by atoms with E-state index in [4.69, 9.17) is 9.47 Å². The predicted molar refractivity (Wildman–Crippen MR) is 119 cm³/mol. The van der Waals surface area contributed by atoms with Crippen LogP contribution in [0.2, 0.25) is 0 Å². The van der Waals surface area contributed by atoms with Crippen molar-refractivity contribution in [2.75, 3.05) is 6.61 Å². The van der Waals surface area contributed by atoms with Gasteiger partial charge in [-0.1, -0.05) is 32.4 Å². The van der Waals surface area contributed by atoms with Crippen molar-refractivity contribution >= 4 is 0 Å². The molecule has 31 heavy (non-hydrogen) atoms. The number of hydrogen-bond donors (Lipinski definition) is 2. The summed E-state index contributed by atoms with van der Waals surface area (Å²) in [6, 6.07) is 0. The Labute approximate surface area is 187 Å². The first kappa shape index (κ1) is 21.1. The molecule has 11 atom stereocenters. The van der Waals surface area contributed by atoms with Crippen LogP contribution in [0.5, 0.6) is 0 Å². The summed E-state index contributed by atoms with van der Waals surface area (Å²) in [6.45, 7) is 9.72. The summed E-state index contributed by atoms with van der Waals surface area (Å²) < 4.78 is 13.1. The molecule has 0 aromatic heterocycles. The molecule has 4 aliphatic carbocycles. The highest BCUT2D eigenvalue weighted by Gasteiger charge is 2.69.